The number of nitrogens with one attached hydrogen (secondary N) is 1. The fourth-order valence-electron chi connectivity index (χ4n) is 1.61. The summed E-state index contributed by atoms with van der Waals surface area (Å²) in [6.45, 7) is 1.98. The Balaban J connectivity index is 3.13. The lowest BCUT2D eigenvalue weighted by atomic mass is 10.0. The summed E-state index contributed by atoms with van der Waals surface area (Å²) >= 11 is 7.95. The molecule has 0 aromatic heterocycles. The van der Waals surface area contributed by atoms with Crippen molar-refractivity contribution < 1.29 is 4.74 Å². The van der Waals surface area contributed by atoms with Crippen LogP contribution in [0.1, 0.15) is 17.2 Å². The molecule has 16 heavy (non-hydrogen) atoms. The molecule has 2 nitrogen and oxygen atoms in total. The number of halogens is 1. The molecule has 0 aliphatic carbocycles. The fourth-order valence-corrected chi connectivity index (χ4v) is 2.47. The van der Waals surface area contributed by atoms with Gasteiger partial charge in [0.1, 0.15) is 5.75 Å². The number of methoxy groups -OCH3 is 1. The van der Waals surface area contributed by atoms with Crippen molar-refractivity contribution in [3.63, 3.8) is 0 Å². The van der Waals surface area contributed by atoms with E-state index in [1.165, 1.54) is 0 Å². The largest absolute Gasteiger partial charge is 0.496 e. The van der Waals surface area contributed by atoms with Gasteiger partial charge in [-0.05, 0) is 37.9 Å². The van der Waals surface area contributed by atoms with Crippen LogP contribution in [0.5, 0.6) is 5.75 Å². The second-order valence-corrected chi connectivity index (χ2v) is 4.96. The minimum atomic E-state index is 0.267. The van der Waals surface area contributed by atoms with E-state index in [1.807, 2.05) is 26.1 Å². The number of ether oxygens (including phenoxy) is 1. The summed E-state index contributed by atoms with van der Waals surface area (Å²) in [6.07, 6.45) is 2.09. The maximum Gasteiger partial charge on any atom is 0.124 e. The van der Waals surface area contributed by atoms with Crippen molar-refractivity contribution in [2.45, 2.75) is 13.0 Å². The van der Waals surface area contributed by atoms with Crippen LogP contribution in [0, 0.1) is 6.92 Å². The van der Waals surface area contributed by atoms with Crippen LogP contribution in [-0.2, 0) is 0 Å². The van der Waals surface area contributed by atoms with Crippen molar-refractivity contribution in [1.82, 2.24) is 5.32 Å². The summed E-state index contributed by atoms with van der Waals surface area (Å²) in [5.74, 6) is 1.89. The van der Waals surface area contributed by atoms with E-state index in [-0.39, 0.29) is 6.04 Å². The zero-order valence-corrected chi connectivity index (χ0v) is 11.7. The molecule has 0 fully saturated rings. The van der Waals surface area contributed by atoms with Crippen molar-refractivity contribution in [1.29, 1.82) is 0 Å². The molecule has 0 spiro atoms. The topological polar surface area (TPSA) is 21.3 Å². The molecule has 0 bridgehead atoms. The molecule has 1 atom stereocenters. The Morgan fingerprint density at radius 3 is 2.69 bits per heavy atom. The molecule has 1 aromatic carbocycles. The summed E-state index contributed by atoms with van der Waals surface area (Å²) in [6, 6.07) is 4.25. The highest BCUT2D eigenvalue weighted by Crippen LogP contribution is 2.32. The predicted molar refractivity (Wildman–Crippen MR) is 72.9 cm³/mol. The predicted octanol–water partition coefficient (Wildman–Crippen LogP) is 3.28. The van der Waals surface area contributed by atoms with Gasteiger partial charge in [0.15, 0.2) is 0 Å². The number of benzene rings is 1. The Morgan fingerprint density at radius 2 is 2.19 bits per heavy atom. The van der Waals surface area contributed by atoms with E-state index in [0.29, 0.717) is 0 Å². The average Bonchev–Trinajstić information content (AvgIpc) is 2.29. The summed E-state index contributed by atoms with van der Waals surface area (Å²) in [5.41, 5.74) is 2.16. The third-order valence-electron chi connectivity index (χ3n) is 2.57. The molecule has 0 heterocycles. The third kappa shape index (κ3) is 3.06. The SMILES string of the molecule is CNC(CSC)c1cc(Cl)c(C)cc1OC. The van der Waals surface area contributed by atoms with Crippen molar-refractivity contribution in [2.24, 2.45) is 0 Å². The maximum absolute atomic E-state index is 6.15. The molecule has 0 radical (unpaired) electrons. The first-order valence-electron chi connectivity index (χ1n) is 5.14. The Bertz CT molecular complexity index is 357. The van der Waals surface area contributed by atoms with Gasteiger partial charge in [0.05, 0.1) is 7.11 Å². The minimum absolute atomic E-state index is 0.267. The molecule has 0 aliphatic rings. The molecule has 1 unspecified atom stereocenters. The molecule has 0 aliphatic heterocycles. The molecule has 1 rings (SSSR count). The van der Waals surface area contributed by atoms with Gasteiger partial charge in [-0.25, -0.2) is 0 Å². The van der Waals surface area contributed by atoms with E-state index >= 15 is 0 Å². The Morgan fingerprint density at radius 1 is 1.50 bits per heavy atom. The first-order chi connectivity index (χ1) is 7.63. The Hall–Kier alpha value is -0.380. The molecule has 90 valence electrons. The van der Waals surface area contributed by atoms with Crippen LogP contribution >= 0.6 is 23.4 Å². The van der Waals surface area contributed by atoms with Gasteiger partial charge < -0.3 is 10.1 Å². The first kappa shape index (κ1) is 13.7. The van der Waals surface area contributed by atoms with Crippen molar-refractivity contribution in [3.8, 4) is 5.75 Å². The van der Waals surface area contributed by atoms with Gasteiger partial charge in [0.2, 0.25) is 0 Å². The lowest BCUT2D eigenvalue weighted by molar-refractivity contribution is 0.404. The second-order valence-electron chi connectivity index (χ2n) is 3.64. The van der Waals surface area contributed by atoms with Crippen LogP contribution in [0.3, 0.4) is 0 Å². The van der Waals surface area contributed by atoms with Crippen LogP contribution in [-0.4, -0.2) is 26.2 Å². The highest BCUT2D eigenvalue weighted by Gasteiger charge is 2.15. The van der Waals surface area contributed by atoms with E-state index in [2.05, 4.69) is 11.6 Å². The Kier molecular flexibility index (Phi) is 5.46. The average molecular weight is 260 g/mol. The van der Waals surface area contributed by atoms with E-state index < -0.39 is 0 Å². The summed E-state index contributed by atoms with van der Waals surface area (Å²) in [4.78, 5) is 0. The first-order valence-corrected chi connectivity index (χ1v) is 6.91. The smallest absolute Gasteiger partial charge is 0.124 e. The zero-order chi connectivity index (χ0) is 12.1. The molecule has 0 amide bonds. The quantitative estimate of drug-likeness (QED) is 0.877. The number of hydrogen-bond donors (Lipinski definition) is 1. The van der Waals surface area contributed by atoms with Crippen molar-refractivity contribution >= 4 is 23.4 Å². The van der Waals surface area contributed by atoms with Gasteiger partial charge in [0.25, 0.3) is 0 Å². The van der Waals surface area contributed by atoms with Gasteiger partial charge in [0, 0.05) is 22.4 Å². The summed E-state index contributed by atoms with van der Waals surface area (Å²) in [5, 5.41) is 4.07. The lowest BCUT2D eigenvalue weighted by Crippen LogP contribution is -2.19. The highest BCUT2D eigenvalue weighted by atomic mass is 35.5. The second kappa shape index (κ2) is 6.38. The van der Waals surface area contributed by atoms with Gasteiger partial charge in [-0.2, -0.15) is 11.8 Å². The Labute approximate surface area is 107 Å². The van der Waals surface area contributed by atoms with Gasteiger partial charge >= 0.3 is 0 Å². The fraction of sp³-hybridized carbons (Fsp3) is 0.500. The number of hydrogen-bond acceptors (Lipinski definition) is 3. The molecule has 1 aromatic rings. The monoisotopic (exact) mass is 259 g/mol. The van der Waals surface area contributed by atoms with E-state index in [0.717, 1.165) is 27.7 Å². The molecule has 0 saturated heterocycles. The number of thioether (sulfide) groups is 1. The lowest BCUT2D eigenvalue weighted by Gasteiger charge is -2.19. The van der Waals surface area contributed by atoms with Crippen molar-refractivity contribution in [3.05, 3.63) is 28.3 Å². The van der Waals surface area contributed by atoms with Crippen molar-refractivity contribution in [2.75, 3.05) is 26.2 Å². The van der Waals surface area contributed by atoms with E-state index in [9.17, 15) is 0 Å². The molecular formula is C12H18ClNOS. The molecule has 1 N–H and O–H groups in total. The third-order valence-corrected chi connectivity index (χ3v) is 3.64. The van der Waals surface area contributed by atoms with Gasteiger partial charge in [-0.1, -0.05) is 11.6 Å². The normalized spacial score (nSPS) is 12.6. The zero-order valence-electron chi connectivity index (χ0n) is 10.1. The standard InChI is InChI=1S/C12H18ClNOS/c1-8-5-12(15-3)9(6-10(8)13)11(14-2)7-16-4/h5-6,11,14H,7H2,1-4H3. The summed E-state index contributed by atoms with van der Waals surface area (Å²) < 4.78 is 5.40. The summed E-state index contributed by atoms with van der Waals surface area (Å²) in [7, 11) is 3.64. The van der Waals surface area contributed by atoms with Crippen LogP contribution in [0.25, 0.3) is 0 Å². The van der Waals surface area contributed by atoms with Crippen LogP contribution in [0.2, 0.25) is 5.02 Å². The molecule has 4 heteroatoms. The van der Waals surface area contributed by atoms with E-state index in [4.69, 9.17) is 16.3 Å². The van der Waals surface area contributed by atoms with Crippen LogP contribution in [0.4, 0.5) is 0 Å². The van der Waals surface area contributed by atoms with Crippen LogP contribution < -0.4 is 10.1 Å². The molecule has 0 saturated carbocycles. The maximum atomic E-state index is 6.15. The van der Waals surface area contributed by atoms with E-state index in [1.54, 1.807) is 18.9 Å². The minimum Gasteiger partial charge on any atom is -0.496 e. The molecular weight excluding hydrogens is 242 g/mol. The number of aryl methyl sites for hydroxylation is 1. The highest BCUT2D eigenvalue weighted by molar-refractivity contribution is 7.98. The number of rotatable bonds is 5. The van der Waals surface area contributed by atoms with Gasteiger partial charge in [-0.3, -0.25) is 0 Å². The van der Waals surface area contributed by atoms with Gasteiger partial charge in [-0.15, -0.1) is 0 Å². The van der Waals surface area contributed by atoms with Crippen LogP contribution in [0.15, 0.2) is 12.1 Å².